The second-order valence-electron chi connectivity index (χ2n) is 3.94. The molecule has 2 rings (SSSR count). The molecule has 0 bridgehead atoms. The normalized spacial score (nSPS) is 19.7. The number of anilines is 1. The van der Waals surface area contributed by atoms with Gasteiger partial charge in [0, 0.05) is 10.7 Å². The van der Waals surface area contributed by atoms with Crippen molar-refractivity contribution >= 4 is 23.2 Å². The van der Waals surface area contributed by atoms with Crippen molar-refractivity contribution in [1.82, 2.24) is 0 Å². The highest BCUT2D eigenvalue weighted by Gasteiger charge is 2.32. The van der Waals surface area contributed by atoms with Gasteiger partial charge in [-0.05, 0) is 23.6 Å². The molecule has 0 spiro atoms. The van der Waals surface area contributed by atoms with Gasteiger partial charge in [-0.3, -0.25) is 4.79 Å². The van der Waals surface area contributed by atoms with Crippen LogP contribution in [0.1, 0.15) is 25.3 Å². The summed E-state index contributed by atoms with van der Waals surface area (Å²) in [5.41, 5.74) is 1.93. The molecule has 14 heavy (non-hydrogen) atoms. The van der Waals surface area contributed by atoms with Crippen molar-refractivity contribution in [2.75, 3.05) is 5.32 Å². The molecule has 0 aliphatic carbocycles. The molecule has 74 valence electrons. The molecule has 1 amide bonds. The first kappa shape index (κ1) is 9.53. The monoisotopic (exact) mass is 209 g/mol. The second kappa shape index (κ2) is 3.28. The molecular formula is C11H12ClNO. The van der Waals surface area contributed by atoms with Gasteiger partial charge in [0.05, 0.1) is 5.92 Å². The molecule has 3 heteroatoms. The highest BCUT2D eigenvalue weighted by atomic mass is 35.5. The zero-order valence-electron chi connectivity index (χ0n) is 8.17. The summed E-state index contributed by atoms with van der Waals surface area (Å²) in [6.07, 6.45) is 0. The van der Waals surface area contributed by atoms with Crippen LogP contribution in [-0.2, 0) is 4.79 Å². The van der Waals surface area contributed by atoms with Crippen LogP contribution >= 0.6 is 11.6 Å². The molecular weight excluding hydrogens is 198 g/mol. The molecule has 1 aliphatic heterocycles. The third kappa shape index (κ3) is 1.40. The first-order valence-corrected chi connectivity index (χ1v) is 5.07. The maximum Gasteiger partial charge on any atom is 0.232 e. The standard InChI is InChI=1S/C11H12ClNO/c1-6(2)10-8-4-3-7(12)5-9(8)13-11(10)14/h3-6,10H,1-2H3,(H,13,14). The van der Waals surface area contributed by atoms with Crippen molar-refractivity contribution in [2.45, 2.75) is 19.8 Å². The fourth-order valence-electron chi connectivity index (χ4n) is 1.92. The van der Waals surface area contributed by atoms with Gasteiger partial charge in [-0.2, -0.15) is 0 Å². The SMILES string of the molecule is CC(C)C1C(=O)Nc2cc(Cl)ccc21. The van der Waals surface area contributed by atoms with E-state index in [1.165, 1.54) is 0 Å². The Morgan fingerprint density at radius 3 is 2.79 bits per heavy atom. The fraction of sp³-hybridized carbons (Fsp3) is 0.364. The third-order valence-corrected chi connectivity index (χ3v) is 2.79. The first-order chi connectivity index (χ1) is 6.59. The Hall–Kier alpha value is -1.02. The first-order valence-electron chi connectivity index (χ1n) is 4.70. The number of halogens is 1. The molecule has 1 atom stereocenters. The van der Waals surface area contributed by atoms with E-state index in [9.17, 15) is 4.79 Å². The Labute approximate surface area is 88.3 Å². The van der Waals surface area contributed by atoms with Gasteiger partial charge < -0.3 is 5.32 Å². The van der Waals surface area contributed by atoms with E-state index in [4.69, 9.17) is 11.6 Å². The number of amides is 1. The van der Waals surface area contributed by atoms with Crippen molar-refractivity contribution in [3.05, 3.63) is 28.8 Å². The minimum absolute atomic E-state index is 0.0257. The van der Waals surface area contributed by atoms with Crippen LogP contribution in [0.5, 0.6) is 0 Å². The fourth-order valence-corrected chi connectivity index (χ4v) is 2.09. The zero-order valence-corrected chi connectivity index (χ0v) is 8.93. The van der Waals surface area contributed by atoms with E-state index in [-0.39, 0.29) is 11.8 Å². The second-order valence-corrected chi connectivity index (χ2v) is 4.38. The van der Waals surface area contributed by atoms with Crippen LogP contribution in [0.2, 0.25) is 5.02 Å². The lowest BCUT2D eigenvalue weighted by atomic mass is 9.90. The van der Waals surface area contributed by atoms with Crippen LogP contribution in [0.4, 0.5) is 5.69 Å². The predicted molar refractivity (Wildman–Crippen MR) is 57.7 cm³/mol. The number of benzene rings is 1. The summed E-state index contributed by atoms with van der Waals surface area (Å²) in [5, 5.41) is 3.51. The quantitative estimate of drug-likeness (QED) is 0.757. The van der Waals surface area contributed by atoms with E-state index < -0.39 is 0 Å². The topological polar surface area (TPSA) is 29.1 Å². The van der Waals surface area contributed by atoms with E-state index in [0.29, 0.717) is 10.9 Å². The Balaban J connectivity index is 2.48. The van der Waals surface area contributed by atoms with E-state index in [2.05, 4.69) is 5.32 Å². The highest BCUT2D eigenvalue weighted by molar-refractivity contribution is 6.31. The maximum atomic E-state index is 11.6. The lowest BCUT2D eigenvalue weighted by Crippen LogP contribution is -2.16. The van der Waals surface area contributed by atoms with Crippen molar-refractivity contribution < 1.29 is 4.79 Å². The minimum atomic E-state index is -0.0257. The Morgan fingerprint density at radius 2 is 2.14 bits per heavy atom. The largest absolute Gasteiger partial charge is 0.325 e. The van der Waals surface area contributed by atoms with Crippen LogP contribution in [0.3, 0.4) is 0 Å². The number of nitrogens with one attached hydrogen (secondary N) is 1. The zero-order chi connectivity index (χ0) is 10.3. The summed E-state index contributed by atoms with van der Waals surface area (Å²) in [7, 11) is 0. The molecule has 0 aromatic heterocycles. The highest BCUT2D eigenvalue weighted by Crippen LogP contribution is 2.38. The average Bonchev–Trinajstić information content (AvgIpc) is 2.39. The molecule has 2 nitrogen and oxygen atoms in total. The Morgan fingerprint density at radius 1 is 1.43 bits per heavy atom. The molecule has 0 saturated carbocycles. The van der Waals surface area contributed by atoms with Crippen LogP contribution in [-0.4, -0.2) is 5.91 Å². The minimum Gasteiger partial charge on any atom is -0.325 e. The van der Waals surface area contributed by atoms with Crippen LogP contribution in [0.25, 0.3) is 0 Å². The summed E-state index contributed by atoms with van der Waals surface area (Å²) in [4.78, 5) is 11.6. The molecule has 1 aliphatic rings. The van der Waals surface area contributed by atoms with Gasteiger partial charge in [0.15, 0.2) is 0 Å². The van der Waals surface area contributed by atoms with E-state index >= 15 is 0 Å². The molecule has 0 fully saturated rings. The third-order valence-electron chi connectivity index (χ3n) is 2.56. The van der Waals surface area contributed by atoms with Gasteiger partial charge in [0.1, 0.15) is 0 Å². The van der Waals surface area contributed by atoms with Crippen molar-refractivity contribution in [3.63, 3.8) is 0 Å². The van der Waals surface area contributed by atoms with E-state index in [1.54, 1.807) is 6.07 Å². The van der Waals surface area contributed by atoms with Gasteiger partial charge in [-0.15, -0.1) is 0 Å². The summed E-state index contributed by atoms with van der Waals surface area (Å²) in [6, 6.07) is 5.56. The van der Waals surface area contributed by atoms with E-state index in [1.807, 2.05) is 26.0 Å². The molecule has 1 aromatic rings. The molecule has 1 N–H and O–H groups in total. The van der Waals surface area contributed by atoms with Crippen molar-refractivity contribution in [2.24, 2.45) is 5.92 Å². The number of hydrogen-bond acceptors (Lipinski definition) is 1. The molecule has 0 saturated heterocycles. The van der Waals surface area contributed by atoms with Gasteiger partial charge in [0.2, 0.25) is 5.91 Å². The van der Waals surface area contributed by atoms with Crippen LogP contribution in [0.15, 0.2) is 18.2 Å². The predicted octanol–water partition coefficient (Wildman–Crippen LogP) is 3.03. The molecule has 1 heterocycles. The summed E-state index contributed by atoms with van der Waals surface area (Å²) >= 11 is 5.85. The number of carbonyl (C=O) groups excluding carboxylic acids is 1. The van der Waals surface area contributed by atoms with Crippen LogP contribution < -0.4 is 5.32 Å². The van der Waals surface area contributed by atoms with E-state index in [0.717, 1.165) is 11.3 Å². The number of carbonyl (C=O) groups is 1. The maximum absolute atomic E-state index is 11.6. The smallest absolute Gasteiger partial charge is 0.232 e. The average molecular weight is 210 g/mol. The van der Waals surface area contributed by atoms with Gasteiger partial charge in [0.25, 0.3) is 0 Å². The lowest BCUT2D eigenvalue weighted by molar-refractivity contribution is -0.117. The summed E-state index contributed by atoms with van der Waals surface area (Å²) in [6.45, 7) is 4.10. The van der Waals surface area contributed by atoms with Gasteiger partial charge >= 0.3 is 0 Å². The number of fused-ring (bicyclic) bond motifs is 1. The van der Waals surface area contributed by atoms with Gasteiger partial charge in [-0.25, -0.2) is 0 Å². The Kier molecular flexibility index (Phi) is 2.23. The molecule has 1 unspecified atom stereocenters. The summed E-state index contributed by atoms with van der Waals surface area (Å²) < 4.78 is 0. The van der Waals surface area contributed by atoms with Crippen molar-refractivity contribution in [1.29, 1.82) is 0 Å². The Bertz CT molecular complexity index is 387. The lowest BCUT2D eigenvalue weighted by Gasteiger charge is -2.12. The number of rotatable bonds is 1. The van der Waals surface area contributed by atoms with Crippen molar-refractivity contribution in [3.8, 4) is 0 Å². The molecule has 0 radical (unpaired) electrons. The molecule has 1 aromatic carbocycles. The summed E-state index contributed by atoms with van der Waals surface area (Å²) in [5.74, 6) is 0.372. The van der Waals surface area contributed by atoms with Crippen LogP contribution in [0, 0.1) is 5.92 Å². The number of hydrogen-bond donors (Lipinski definition) is 1. The van der Waals surface area contributed by atoms with Gasteiger partial charge in [-0.1, -0.05) is 31.5 Å².